The largest absolute Gasteiger partial charge is 0.370 e. The minimum Gasteiger partial charge on any atom is -0.370 e. The van der Waals surface area contributed by atoms with E-state index in [0.29, 0.717) is 45.5 Å². The molecule has 2 fully saturated rings. The summed E-state index contributed by atoms with van der Waals surface area (Å²) in [4.78, 5) is 37.9. The molecule has 11 heterocycles. The molecule has 11 rings (SSSR count). The highest BCUT2D eigenvalue weighted by Crippen LogP contribution is 2.36. The van der Waals surface area contributed by atoms with Gasteiger partial charge in [0.05, 0.1) is 58.6 Å². The van der Waals surface area contributed by atoms with Gasteiger partial charge in [0.1, 0.15) is 28.4 Å². The molecule has 2 aliphatic heterocycles. The second-order valence-electron chi connectivity index (χ2n) is 16.0. The third kappa shape index (κ3) is 8.75. The van der Waals surface area contributed by atoms with Gasteiger partial charge < -0.3 is 19.8 Å². The summed E-state index contributed by atoms with van der Waals surface area (Å²) >= 11 is 0. The summed E-state index contributed by atoms with van der Waals surface area (Å²) in [7, 11) is 1.90. The second kappa shape index (κ2) is 18.4. The van der Waals surface area contributed by atoms with Crippen molar-refractivity contribution in [3.8, 4) is 45.6 Å². The molecule has 0 unspecified atom stereocenters. The number of pyridine rings is 4. The lowest BCUT2D eigenvalue weighted by atomic mass is 10.0. The molecule has 0 atom stereocenters. The van der Waals surface area contributed by atoms with E-state index < -0.39 is 11.7 Å². The van der Waals surface area contributed by atoms with Crippen LogP contribution in [0.5, 0.6) is 0 Å². The number of allylic oxidation sites excluding steroid dienone is 2. The first-order valence-corrected chi connectivity index (χ1v) is 22.0. The summed E-state index contributed by atoms with van der Waals surface area (Å²) in [5.41, 5.74) is 10.8. The molecule has 0 spiro atoms. The Hall–Kier alpha value is -7.70. The van der Waals surface area contributed by atoms with Crippen LogP contribution in [-0.2, 0) is 7.05 Å². The van der Waals surface area contributed by atoms with Gasteiger partial charge in [-0.15, -0.1) is 0 Å². The maximum Gasteiger partial charge on any atom is 0.251 e. The number of imidazole rings is 2. The average molecular weight is 895 g/mol. The van der Waals surface area contributed by atoms with Crippen molar-refractivity contribution in [2.45, 2.75) is 58.8 Å². The fourth-order valence-electron chi connectivity index (χ4n) is 8.37. The van der Waals surface area contributed by atoms with E-state index in [1.807, 2.05) is 57.4 Å². The minimum absolute atomic E-state index is 0.202. The lowest BCUT2D eigenvalue weighted by Crippen LogP contribution is -2.38. The first kappa shape index (κ1) is 43.5. The number of piperidine rings is 2. The molecule has 0 aromatic carbocycles. The third-order valence-electron chi connectivity index (χ3n) is 11.6. The van der Waals surface area contributed by atoms with E-state index in [1.54, 1.807) is 41.5 Å². The van der Waals surface area contributed by atoms with Gasteiger partial charge in [-0.05, 0) is 56.5 Å². The van der Waals surface area contributed by atoms with Gasteiger partial charge in [0.2, 0.25) is 0 Å². The Balaban J connectivity index is 0.000000161. The van der Waals surface area contributed by atoms with E-state index in [1.165, 1.54) is 25.3 Å². The highest BCUT2D eigenvalue weighted by molar-refractivity contribution is 5.96. The van der Waals surface area contributed by atoms with Crippen molar-refractivity contribution in [1.29, 1.82) is 0 Å². The van der Waals surface area contributed by atoms with Gasteiger partial charge >= 0.3 is 0 Å². The Labute approximate surface area is 377 Å². The zero-order valence-corrected chi connectivity index (χ0v) is 37.1. The Morgan fingerprint density at radius 1 is 0.788 bits per heavy atom. The zero-order valence-electron chi connectivity index (χ0n) is 37.1. The average Bonchev–Trinajstić information content (AvgIpc) is 4.19. The number of alkyl halides is 2. The van der Waals surface area contributed by atoms with Gasteiger partial charge in [-0.25, -0.2) is 28.1 Å². The molecule has 0 aliphatic carbocycles. The van der Waals surface area contributed by atoms with Gasteiger partial charge in [0, 0.05) is 92.3 Å². The number of aromatic amines is 4. The van der Waals surface area contributed by atoms with Crippen LogP contribution >= 0.6 is 0 Å². The lowest BCUT2D eigenvalue weighted by Gasteiger charge is -2.34. The Bertz CT molecular complexity index is 3170. The summed E-state index contributed by atoms with van der Waals surface area (Å²) in [6.07, 6.45) is 18.5. The number of hydrogen-bond donors (Lipinski definition) is 4. The van der Waals surface area contributed by atoms with Crippen molar-refractivity contribution in [3.05, 3.63) is 104 Å². The van der Waals surface area contributed by atoms with Gasteiger partial charge in [-0.3, -0.25) is 29.8 Å². The van der Waals surface area contributed by atoms with Crippen molar-refractivity contribution >= 4 is 44.4 Å². The molecule has 0 bridgehead atoms. The maximum atomic E-state index is 13.7. The molecule has 9 aromatic heterocycles. The van der Waals surface area contributed by atoms with Crippen LogP contribution in [0.25, 0.3) is 84.2 Å². The standard InChI is InChI=1S/C24H22F3N7.C21H21N9.C2H6/c1-3-4-20(34-7-5-24(26,27)6-8-34)21-14(2)30-23(31-21)22-17-10-18(29-13-19(17)32-33-22)15-9-16(25)12-28-11-15;1-29-12-13(10-24-29)15-9-14-16(11-23-15)27-28-18(14)21-25-19-17(5-6-22-20(19)26-21)30-7-3-2-4-8-30;1-2/h3-4,9-13H,1,5-8H2,2H3,(H,30,31)(H,32,33);5-6,9-12H,2-4,7-8H2,1H3,(H,27,28)(H,22,25,26);1-2H3/b20-4+;;. The molecular weight excluding hydrogens is 846 g/mol. The number of aryl methyl sites for hydroxylation is 2. The Kier molecular flexibility index (Phi) is 12.2. The van der Waals surface area contributed by atoms with E-state index in [-0.39, 0.29) is 25.9 Å². The van der Waals surface area contributed by atoms with Crippen LogP contribution in [0.4, 0.5) is 18.9 Å². The maximum absolute atomic E-state index is 13.7. The number of aromatic nitrogens is 14. The van der Waals surface area contributed by atoms with E-state index in [2.05, 4.69) is 72.9 Å². The summed E-state index contributed by atoms with van der Waals surface area (Å²) in [5.74, 6) is -1.87. The number of H-pyrrole nitrogens is 4. The SMILES string of the molecule is C=C/C=C(\c1nc(-c2n[nH]c3cnc(-c4cncc(F)c4)cc23)[nH]c1C)N1CCC(F)(F)CC1.CC.Cn1cc(-c2cc3c(-c4nc5nccc(N6CCCCC6)c5[nH]4)n[nH]c3cn2)cn1. The number of halogens is 3. The first-order chi connectivity index (χ1) is 32.1. The number of rotatable bonds is 8. The molecule has 66 heavy (non-hydrogen) atoms. The molecular formula is C47H49F3N16. The van der Waals surface area contributed by atoms with E-state index >= 15 is 0 Å². The van der Waals surface area contributed by atoms with E-state index in [9.17, 15) is 13.2 Å². The lowest BCUT2D eigenvalue weighted by molar-refractivity contribution is -0.0451. The van der Waals surface area contributed by atoms with E-state index in [0.717, 1.165) is 75.1 Å². The minimum atomic E-state index is -2.64. The number of likely N-dealkylation sites (tertiary alicyclic amines) is 1. The molecule has 2 saturated heterocycles. The molecule has 338 valence electrons. The summed E-state index contributed by atoms with van der Waals surface area (Å²) < 4.78 is 42.8. The zero-order chi connectivity index (χ0) is 46.0. The van der Waals surface area contributed by atoms with Crippen LogP contribution in [-0.4, -0.2) is 107 Å². The molecule has 2 aliphatic rings. The summed E-state index contributed by atoms with van der Waals surface area (Å²) in [6.45, 7) is 12.3. The first-order valence-electron chi connectivity index (χ1n) is 22.0. The quantitative estimate of drug-likeness (QED) is 0.106. The third-order valence-corrected chi connectivity index (χ3v) is 11.6. The number of fused-ring (bicyclic) bond motifs is 3. The van der Waals surface area contributed by atoms with E-state index in [4.69, 9.17) is 9.97 Å². The van der Waals surface area contributed by atoms with Gasteiger partial charge in [-0.1, -0.05) is 26.5 Å². The van der Waals surface area contributed by atoms with Crippen LogP contribution in [0, 0.1) is 12.7 Å². The molecule has 19 heteroatoms. The number of hydrogen-bond acceptors (Lipinski definition) is 11. The summed E-state index contributed by atoms with van der Waals surface area (Å²) in [5, 5.41) is 20.9. The number of anilines is 1. The number of nitrogens with one attached hydrogen (secondary N) is 4. The van der Waals surface area contributed by atoms with Crippen molar-refractivity contribution in [2.24, 2.45) is 7.05 Å². The monoisotopic (exact) mass is 894 g/mol. The fraction of sp³-hybridized carbons (Fsp3) is 0.298. The van der Waals surface area contributed by atoms with Gasteiger partial charge in [-0.2, -0.15) is 15.3 Å². The van der Waals surface area contributed by atoms with Gasteiger partial charge in [0.25, 0.3) is 5.92 Å². The van der Waals surface area contributed by atoms with Gasteiger partial charge in [0.15, 0.2) is 17.3 Å². The number of nitrogens with zero attached hydrogens (tertiary/aromatic N) is 12. The van der Waals surface area contributed by atoms with Crippen LogP contribution < -0.4 is 4.90 Å². The van der Waals surface area contributed by atoms with Crippen molar-refractivity contribution in [3.63, 3.8) is 0 Å². The predicted molar refractivity (Wildman–Crippen MR) is 250 cm³/mol. The highest BCUT2D eigenvalue weighted by atomic mass is 19.3. The molecule has 16 nitrogen and oxygen atoms in total. The van der Waals surface area contributed by atoms with Crippen LogP contribution in [0.15, 0.2) is 86.4 Å². The van der Waals surface area contributed by atoms with Crippen LogP contribution in [0.3, 0.4) is 0 Å². The van der Waals surface area contributed by atoms with Crippen LogP contribution in [0.2, 0.25) is 0 Å². The molecule has 0 radical (unpaired) electrons. The predicted octanol–water partition coefficient (Wildman–Crippen LogP) is 9.43. The van der Waals surface area contributed by atoms with Crippen LogP contribution in [0.1, 0.15) is 57.3 Å². The molecule has 4 N–H and O–H groups in total. The summed E-state index contributed by atoms with van der Waals surface area (Å²) in [6, 6.07) is 7.26. The van der Waals surface area contributed by atoms with Crippen molar-refractivity contribution in [1.82, 2.24) is 74.9 Å². The molecule has 0 amide bonds. The second-order valence-corrected chi connectivity index (χ2v) is 16.0. The van der Waals surface area contributed by atoms with Crippen molar-refractivity contribution in [2.75, 3.05) is 31.1 Å². The normalized spacial score (nSPS) is 15.2. The Morgan fingerprint density at radius 3 is 2.09 bits per heavy atom. The molecule has 0 saturated carbocycles. The fourth-order valence-corrected chi connectivity index (χ4v) is 8.37. The molecule has 9 aromatic rings. The smallest absolute Gasteiger partial charge is 0.251 e. The highest BCUT2D eigenvalue weighted by Gasteiger charge is 2.35. The van der Waals surface area contributed by atoms with Crippen molar-refractivity contribution < 1.29 is 13.2 Å². The Morgan fingerprint density at radius 2 is 1.45 bits per heavy atom. The topological polar surface area (TPSA) is 191 Å².